The largest absolute Gasteiger partial charge is 0.493 e. The number of hydrogen-bond donors (Lipinski definition) is 1. The normalized spacial score (nSPS) is 20.3. The van der Waals surface area contributed by atoms with E-state index in [0.717, 1.165) is 35.4 Å². The Morgan fingerprint density at radius 1 is 1.06 bits per heavy atom. The molecule has 2 atom stereocenters. The van der Waals surface area contributed by atoms with Crippen LogP contribution in [0.15, 0.2) is 77.1 Å². The Bertz CT molecular complexity index is 1100. The van der Waals surface area contributed by atoms with E-state index in [2.05, 4.69) is 24.4 Å². The second-order valence-electron chi connectivity index (χ2n) is 8.66. The SMILES string of the molecule is CCCCOc1ccccc1[C@@H]1C(C(=O)OC)=C(C)NC2=C1C(=O)C[C@H](c1ccccc1)C2. The fourth-order valence-corrected chi connectivity index (χ4v) is 4.87. The zero-order valence-corrected chi connectivity index (χ0v) is 19.5. The summed E-state index contributed by atoms with van der Waals surface area (Å²) in [6, 6.07) is 17.9. The zero-order valence-electron chi connectivity index (χ0n) is 19.5. The summed E-state index contributed by atoms with van der Waals surface area (Å²) in [5.74, 6) is -0.0838. The molecule has 0 radical (unpaired) electrons. The van der Waals surface area contributed by atoms with E-state index in [4.69, 9.17) is 9.47 Å². The van der Waals surface area contributed by atoms with Crippen molar-refractivity contribution in [3.8, 4) is 5.75 Å². The van der Waals surface area contributed by atoms with Gasteiger partial charge >= 0.3 is 5.97 Å². The Hall–Kier alpha value is -3.34. The molecule has 0 fully saturated rings. The Morgan fingerprint density at radius 3 is 2.52 bits per heavy atom. The van der Waals surface area contributed by atoms with Crippen LogP contribution in [0.3, 0.4) is 0 Å². The van der Waals surface area contributed by atoms with E-state index in [0.29, 0.717) is 36.3 Å². The molecule has 2 aromatic rings. The van der Waals surface area contributed by atoms with E-state index < -0.39 is 11.9 Å². The van der Waals surface area contributed by atoms with E-state index in [1.165, 1.54) is 7.11 Å². The topological polar surface area (TPSA) is 64.6 Å². The molecular weight excluding hydrogens is 414 g/mol. The van der Waals surface area contributed by atoms with Gasteiger partial charge < -0.3 is 14.8 Å². The lowest BCUT2D eigenvalue weighted by atomic mass is 9.71. The van der Waals surface area contributed by atoms with Crippen LogP contribution in [0.4, 0.5) is 0 Å². The second kappa shape index (κ2) is 10.1. The van der Waals surface area contributed by atoms with Gasteiger partial charge in [-0.1, -0.05) is 61.9 Å². The molecule has 1 aliphatic heterocycles. The number of ether oxygens (including phenoxy) is 2. The summed E-state index contributed by atoms with van der Waals surface area (Å²) >= 11 is 0. The maximum Gasteiger partial charge on any atom is 0.336 e. The number of Topliss-reactive ketones (excluding diaryl/α,β-unsaturated/α-hetero) is 1. The van der Waals surface area contributed by atoms with Crippen molar-refractivity contribution in [2.75, 3.05) is 13.7 Å². The number of carbonyl (C=O) groups is 2. The van der Waals surface area contributed by atoms with Crippen molar-refractivity contribution < 1.29 is 19.1 Å². The molecule has 2 aromatic carbocycles. The summed E-state index contributed by atoms with van der Waals surface area (Å²) in [5, 5.41) is 3.38. The first kappa shape index (κ1) is 22.8. The number of dihydropyridines is 1. The highest BCUT2D eigenvalue weighted by atomic mass is 16.5. The summed E-state index contributed by atoms with van der Waals surface area (Å²) < 4.78 is 11.2. The molecule has 5 nitrogen and oxygen atoms in total. The molecule has 0 aromatic heterocycles. The minimum absolute atomic E-state index is 0.0554. The fourth-order valence-electron chi connectivity index (χ4n) is 4.87. The van der Waals surface area contributed by atoms with Crippen LogP contribution in [0.5, 0.6) is 5.75 Å². The molecule has 0 unspecified atom stereocenters. The van der Waals surface area contributed by atoms with Crippen molar-refractivity contribution in [3.05, 3.63) is 88.3 Å². The van der Waals surface area contributed by atoms with Crippen LogP contribution < -0.4 is 10.1 Å². The van der Waals surface area contributed by atoms with Gasteiger partial charge in [0.25, 0.3) is 0 Å². The number of benzene rings is 2. The molecule has 1 N–H and O–H groups in total. The van der Waals surface area contributed by atoms with E-state index >= 15 is 0 Å². The quantitative estimate of drug-likeness (QED) is 0.457. The molecular formula is C28H31NO4. The lowest BCUT2D eigenvalue weighted by Crippen LogP contribution is -2.36. The third-order valence-electron chi connectivity index (χ3n) is 6.49. The third-order valence-corrected chi connectivity index (χ3v) is 6.49. The predicted molar refractivity (Wildman–Crippen MR) is 128 cm³/mol. The van der Waals surface area contributed by atoms with Crippen molar-refractivity contribution in [1.82, 2.24) is 5.32 Å². The van der Waals surface area contributed by atoms with Gasteiger partial charge in [-0.2, -0.15) is 0 Å². The van der Waals surface area contributed by atoms with Crippen LogP contribution in [-0.2, 0) is 14.3 Å². The number of hydrogen-bond acceptors (Lipinski definition) is 5. The summed E-state index contributed by atoms with van der Waals surface area (Å²) in [5.41, 5.74) is 4.71. The summed E-state index contributed by atoms with van der Waals surface area (Å²) in [7, 11) is 1.38. The molecule has 5 heteroatoms. The van der Waals surface area contributed by atoms with E-state index in [9.17, 15) is 9.59 Å². The van der Waals surface area contributed by atoms with Crippen LogP contribution >= 0.6 is 0 Å². The molecule has 0 saturated heterocycles. The van der Waals surface area contributed by atoms with Gasteiger partial charge in [0.2, 0.25) is 0 Å². The molecule has 33 heavy (non-hydrogen) atoms. The van der Waals surface area contributed by atoms with Gasteiger partial charge in [0.15, 0.2) is 5.78 Å². The molecule has 2 aliphatic rings. The lowest BCUT2D eigenvalue weighted by Gasteiger charge is -2.37. The van der Waals surface area contributed by atoms with Crippen molar-refractivity contribution >= 4 is 11.8 Å². The standard InChI is InChI=1S/C28H31NO4/c1-4-5-15-33-24-14-10-9-13-21(24)26-25(28(31)32-3)18(2)29-22-16-20(17-23(30)27(22)26)19-11-7-6-8-12-19/h6-14,20,26,29H,4-5,15-17H2,1-3H3/t20-,26-/m1/s1. The molecule has 0 amide bonds. The van der Waals surface area contributed by atoms with Crippen LogP contribution in [0, 0.1) is 0 Å². The number of para-hydroxylation sites is 1. The monoisotopic (exact) mass is 445 g/mol. The summed E-state index contributed by atoms with van der Waals surface area (Å²) in [4.78, 5) is 26.5. The molecule has 1 heterocycles. The van der Waals surface area contributed by atoms with Crippen LogP contribution in [0.25, 0.3) is 0 Å². The highest BCUT2D eigenvalue weighted by Gasteiger charge is 2.42. The maximum absolute atomic E-state index is 13.6. The van der Waals surface area contributed by atoms with Gasteiger partial charge in [-0.15, -0.1) is 0 Å². The molecule has 0 spiro atoms. The Morgan fingerprint density at radius 2 is 1.79 bits per heavy atom. The summed E-state index contributed by atoms with van der Waals surface area (Å²) in [6.07, 6.45) is 3.08. The van der Waals surface area contributed by atoms with Gasteiger partial charge in [-0.3, -0.25) is 4.79 Å². The van der Waals surface area contributed by atoms with Crippen molar-refractivity contribution in [1.29, 1.82) is 0 Å². The highest BCUT2D eigenvalue weighted by Crippen LogP contribution is 2.47. The average molecular weight is 446 g/mol. The molecule has 0 saturated carbocycles. The number of esters is 1. The summed E-state index contributed by atoms with van der Waals surface area (Å²) in [6.45, 7) is 4.58. The number of allylic oxidation sites excluding steroid dienone is 3. The second-order valence-corrected chi connectivity index (χ2v) is 8.66. The first-order chi connectivity index (χ1) is 16.0. The number of carbonyl (C=O) groups excluding carboxylic acids is 2. The molecule has 4 rings (SSSR count). The number of ketones is 1. The number of unbranched alkanes of at least 4 members (excludes halogenated alkanes) is 1. The number of rotatable bonds is 7. The predicted octanol–water partition coefficient (Wildman–Crippen LogP) is 5.40. The van der Waals surface area contributed by atoms with Crippen LogP contribution in [0.2, 0.25) is 0 Å². The molecule has 172 valence electrons. The third kappa shape index (κ3) is 4.58. The number of methoxy groups -OCH3 is 1. The van der Waals surface area contributed by atoms with Crippen molar-refractivity contribution in [2.24, 2.45) is 0 Å². The maximum atomic E-state index is 13.6. The van der Waals surface area contributed by atoms with Crippen LogP contribution in [-0.4, -0.2) is 25.5 Å². The molecule has 1 aliphatic carbocycles. The van der Waals surface area contributed by atoms with Crippen molar-refractivity contribution in [2.45, 2.75) is 51.4 Å². The smallest absolute Gasteiger partial charge is 0.336 e. The zero-order chi connectivity index (χ0) is 23.4. The van der Waals surface area contributed by atoms with E-state index in [1.807, 2.05) is 49.4 Å². The van der Waals surface area contributed by atoms with Gasteiger partial charge in [0.1, 0.15) is 5.75 Å². The van der Waals surface area contributed by atoms with Gasteiger partial charge in [-0.05, 0) is 37.3 Å². The minimum Gasteiger partial charge on any atom is -0.493 e. The lowest BCUT2D eigenvalue weighted by molar-refractivity contribution is -0.136. The van der Waals surface area contributed by atoms with E-state index in [1.54, 1.807) is 0 Å². The van der Waals surface area contributed by atoms with Gasteiger partial charge in [0.05, 0.1) is 25.2 Å². The minimum atomic E-state index is -0.518. The Labute approximate surface area is 195 Å². The van der Waals surface area contributed by atoms with Gasteiger partial charge in [0, 0.05) is 29.0 Å². The number of nitrogens with one attached hydrogen (secondary N) is 1. The van der Waals surface area contributed by atoms with Crippen LogP contribution in [0.1, 0.15) is 62.5 Å². The highest BCUT2D eigenvalue weighted by molar-refractivity contribution is 6.04. The first-order valence-corrected chi connectivity index (χ1v) is 11.6. The fraction of sp³-hybridized carbons (Fsp3) is 0.357. The average Bonchev–Trinajstić information content (AvgIpc) is 2.83. The first-order valence-electron chi connectivity index (χ1n) is 11.6. The van der Waals surface area contributed by atoms with Gasteiger partial charge in [-0.25, -0.2) is 4.79 Å². The Kier molecular flexibility index (Phi) is 6.97. The molecule has 0 bridgehead atoms. The van der Waals surface area contributed by atoms with E-state index in [-0.39, 0.29) is 11.7 Å². The van der Waals surface area contributed by atoms with Crippen molar-refractivity contribution in [3.63, 3.8) is 0 Å². The Balaban J connectivity index is 1.80.